The van der Waals surface area contributed by atoms with E-state index in [2.05, 4.69) is 27.8 Å². The van der Waals surface area contributed by atoms with E-state index in [-0.39, 0.29) is 0 Å². The molecule has 1 aliphatic carbocycles. The van der Waals surface area contributed by atoms with E-state index in [1.807, 2.05) is 0 Å². The van der Waals surface area contributed by atoms with E-state index in [9.17, 15) is 0 Å². The number of halogens is 1. The molecule has 54 valence electrons. The van der Waals surface area contributed by atoms with E-state index in [1.54, 1.807) is 5.56 Å². The predicted octanol–water partition coefficient (Wildman–Crippen LogP) is 2.57. The maximum absolute atomic E-state index is 3.49. The second kappa shape index (κ2) is 2.12. The smallest absolute Gasteiger partial charge is 0.0854 e. The van der Waals surface area contributed by atoms with E-state index >= 15 is 0 Å². The third-order valence-electron chi connectivity index (χ3n) is 2.26. The maximum Gasteiger partial charge on any atom is 0.0854 e. The minimum atomic E-state index is 1.18. The largest absolute Gasteiger partial charge is 0.353 e. The summed E-state index contributed by atoms with van der Waals surface area (Å²) >= 11 is 3.49. The van der Waals surface area contributed by atoms with Crippen LogP contribution in [0.2, 0.25) is 0 Å². The standard InChI is InChI=1S/C8H10BrN/c1-5-6-3-2-4-7(6)10-8(5)9/h10H,2-4H2,1H3. The minimum Gasteiger partial charge on any atom is -0.353 e. The molecule has 1 nitrogen and oxygen atoms in total. The van der Waals surface area contributed by atoms with Gasteiger partial charge >= 0.3 is 0 Å². The molecule has 10 heavy (non-hydrogen) atoms. The number of fused-ring (bicyclic) bond motifs is 1. The van der Waals surface area contributed by atoms with Crippen LogP contribution in [0.25, 0.3) is 0 Å². The molecular formula is C8H10BrN. The highest BCUT2D eigenvalue weighted by Gasteiger charge is 2.16. The Morgan fingerprint density at radius 1 is 1.40 bits per heavy atom. The van der Waals surface area contributed by atoms with Gasteiger partial charge < -0.3 is 4.98 Å². The third kappa shape index (κ3) is 0.749. The minimum absolute atomic E-state index is 1.18. The Bertz CT molecular complexity index is 262. The van der Waals surface area contributed by atoms with Crippen LogP contribution >= 0.6 is 15.9 Å². The zero-order chi connectivity index (χ0) is 7.14. The van der Waals surface area contributed by atoms with Crippen LogP contribution in [0.15, 0.2) is 4.60 Å². The molecule has 0 amide bonds. The van der Waals surface area contributed by atoms with Crippen molar-refractivity contribution in [2.45, 2.75) is 26.2 Å². The van der Waals surface area contributed by atoms with Crippen molar-refractivity contribution in [3.63, 3.8) is 0 Å². The van der Waals surface area contributed by atoms with Gasteiger partial charge in [-0.25, -0.2) is 0 Å². The Morgan fingerprint density at radius 3 is 2.90 bits per heavy atom. The van der Waals surface area contributed by atoms with Crippen LogP contribution in [0.5, 0.6) is 0 Å². The number of hydrogen-bond donors (Lipinski definition) is 1. The average Bonchev–Trinajstić information content (AvgIpc) is 2.41. The fraction of sp³-hybridized carbons (Fsp3) is 0.500. The van der Waals surface area contributed by atoms with Gasteiger partial charge in [0.2, 0.25) is 0 Å². The Balaban J connectivity index is 2.59. The number of aromatic nitrogens is 1. The predicted molar refractivity (Wildman–Crippen MR) is 45.3 cm³/mol. The van der Waals surface area contributed by atoms with Gasteiger partial charge in [-0.3, -0.25) is 0 Å². The summed E-state index contributed by atoms with van der Waals surface area (Å²) in [7, 11) is 0. The molecule has 2 rings (SSSR count). The summed E-state index contributed by atoms with van der Waals surface area (Å²) in [6, 6.07) is 0. The van der Waals surface area contributed by atoms with E-state index in [4.69, 9.17) is 0 Å². The highest BCUT2D eigenvalue weighted by Crippen LogP contribution is 2.29. The van der Waals surface area contributed by atoms with E-state index < -0.39 is 0 Å². The van der Waals surface area contributed by atoms with Crippen LogP contribution in [0.1, 0.15) is 23.2 Å². The molecule has 0 spiro atoms. The van der Waals surface area contributed by atoms with Crippen LogP contribution in [-0.4, -0.2) is 4.98 Å². The van der Waals surface area contributed by atoms with Gasteiger partial charge in [-0.2, -0.15) is 0 Å². The van der Waals surface area contributed by atoms with Crippen LogP contribution < -0.4 is 0 Å². The maximum atomic E-state index is 3.49. The SMILES string of the molecule is Cc1c(Br)[nH]c2c1CCC2. The molecule has 0 unspecified atom stereocenters. The Kier molecular flexibility index (Phi) is 1.37. The molecule has 0 saturated heterocycles. The zero-order valence-electron chi connectivity index (χ0n) is 6.00. The number of aryl methyl sites for hydroxylation is 1. The van der Waals surface area contributed by atoms with E-state index in [0.717, 1.165) is 0 Å². The van der Waals surface area contributed by atoms with Gasteiger partial charge in [0.05, 0.1) is 4.60 Å². The van der Waals surface area contributed by atoms with Crippen molar-refractivity contribution in [3.8, 4) is 0 Å². The molecule has 0 aromatic carbocycles. The topological polar surface area (TPSA) is 15.8 Å². The summed E-state index contributed by atoms with van der Waals surface area (Å²) in [4.78, 5) is 3.34. The Hall–Kier alpha value is -0.240. The first-order valence-electron chi connectivity index (χ1n) is 3.65. The number of rotatable bonds is 0. The molecular weight excluding hydrogens is 190 g/mol. The highest BCUT2D eigenvalue weighted by molar-refractivity contribution is 9.10. The molecule has 0 fully saturated rings. The van der Waals surface area contributed by atoms with Crippen LogP contribution in [0.3, 0.4) is 0 Å². The molecule has 1 heterocycles. The number of aromatic amines is 1. The number of nitrogens with one attached hydrogen (secondary N) is 1. The van der Waals surface area contributed by atoms with Gasteiger partial charge in [-0.15, -0.1) is 0 Å². The average molecular weight is 200 g/mol. The van der Waals surface area contributed by atoms with Crippen molar-refractivity contribution in [3.05, 3.63) is 21.4 Å². The van der Waals surface area contributed by atoms with Crippen molar-refractivity contribution in [2.75, 3.05) is 0 Å². The summed E-state index contributed by atoms with van der Waals surface area (Å²) < 4.78 is 1.18. The molecule has 0 bridgehead atoms. The van der Waals surface area contributed by atoms with E-state index in [0.29, 0.717) is 0 Å². The van der Waals surface area contributed by atoms with Crippen molar-refractivity contribution in [1.29, 1.82) is 0 Å². The fourth-order valence-electron chi connectivity index (χ4n) is 1.65. The molecule has 1 aliphatic rings. The van der Waals surface area contributed by atoms with E-state index in [1.165, 1.54) is 35.1 Å². The normalized spacial score (nSPS) is 15.8. The quantitative estimate of drug-likeness (QED) is 0.662. The summed E-state index contributed by atoms with van der Waals surface area (Å²) in [5.41, 5.74) is 4.41. The van der Waals surface area contributed by atoms with Gasteiger partial charge in [-0.1, -0.05) is 0 Å². The van der Waals surface area contributed by atoms with Gasteiger partial charge in [0.25, 0.3) is 0 Å². The van der Waals surface area contributed by atoms with Crippen LogP contribution in [0, 0.1) is 6.92 Å². The molecule has 1 aromatic rings. The molecule has 0 atom stereocenters. The van der Waals surface area contributed by atoms with Crippen molar-refractivity contribution in [1.82, 2.24) is 4.98 Å². The van der Waals surface area contributed by atoms with Gasteiger partial charge in [0.1, 0.15) is 0 Å². The molecule has 1 aromatic heterocycles. The monoisotopic (exact) mass is 199 g/mol. The molecule has 0 radical (unpaired) electrons. The first-order chi connectivity index (χ1) is 4.79. The lowest BCUT2D eigenvalue weighted by atomic mass is 10.2. The van der Waals surface area contributed by atoms with Crippen LogP contribution in [-0.2, 0) is 12.8 Å². The summed E-state index contributed by atoms with van der Waals surface area (Å²) in [5.74, 6) is 0. The lowest BCUT2D eigenvalue weighted by Crippen LogP contribution is -1.77. The first kappa shape index (κ1) is 6.47. The highest BCUT2D eigenvalue weighted by atomic mass is 79.9. The second-order valence-electron chi connectivity index (χ2n) is 2.87. The number of H-pyrrole nitrogens is 1. The zero-order valence-corrected chi connectivity index (χ0v) is 7.59. The van der Waals surface area contributed by atoms with Crippen molar-refractivity contribution in [2.24, 2.45) is 0 Å². The third-order valence-corrected chi connectivity index (χ3v) is 3.05. The second-order valence-corrected chi connectivity index (χ2v) is 3.67. The number of hydrogen-bond acceptors (Lipinski definition) is 0. The van der Waals surface area contributed by atoms with Crippen molar-refractivity contribution >= 4 is 15.9 Å². The van der Waals surface area contributed by atoms with Crippen LogP contribution in [0.4, 0.5) is 0 Å². The molecule has 0 saturated carbocycles. The Labute approximate surface area is 69.0 Å². The fourth-order valence-corrected chi connectivity index (χ4v) is 2.13. The Morgan fingerprint density at radius 2 is 2.20 bits per heavy atom. The lowest BCUT2D eigenvalue weighted by Gasteiger charge is -1.90. The van der Waals surface area contributed by atoms with Gasteiger partial charge in [0.15, 0.2) is 0 Å². The summed E-state index contributed by atoms with van der Waals surface area (Å²) in [5, 5.41) is 0. The molecule has 1 N–H and O–H groups in total. The van der Waals surface area contributed by atoms with Crippen molar-refractivity contribution < 1.29 is 0 Å². The summed E-state index contributed by atoms with van der Waals surface area (Å²) in [6.45, 7) is 2.17. The first-order valence-corrected chi connectivity index (χ1v) is 4.44. The summed E-state index contributed by atoms with van der Waals surface area (Å²) in [6.07, 6.45) is 3.83. The molecule has 2 heteroatoms. The lowest BCUT2D eigenvalue weighted by molar-refractivity contribution is 0.886. The van der Waals surface area contributed by atoms with Gasteiger partial charge in [0, 0.05) is 5.69 Å². The van der Waals surface area contributed by atoms with Gasteiger partial charge in [-0.05, 0) is 53.2 Å². The molecule has 0 aliphatic heterocycles.